The molecule has 1 saturated heterocycles. The van der Waals surface area contributed by atoms with Gasteiger partial charge in [0.2, 0.25) is 0 Å². The van der Waals surface area contributed by atoms with Crippen molar-refractivity contribution in [2.45, 2.75) is 12.8 Å². The van der Waals surface area contributed by atoms with Crippen LogP contribution >= 0.6 is 0 Å². The number of aromatic nitrogens is 2. The standard InChI is InChI=1S/C11H13N3O2/c15-10(16-9-5-12-13-6-9)14-7-11(8-14)3-1-2-4-11/h1-2,5-6H,3-4,7-8H2,(H,12,13). The lowest BCUT2D eigenvalue weighted by Crippen LogP contribution is -2.58. The second-order valence-electron chi connectivity index (χ2n) is 4.54. The molecule has 16 heavy (non-hydrogen) atoms. The summed E-state index contributed by atoms with van der Waals surface area (Å²) in [6.07, 6.45) is 9.33. The van der Waals surface area contributed by atoms with Gasteiger partial charge in [-0.3, -0.25) is 5.10 Å². The van der Waals surface area contributed by atoms with Gasteiger partial charge in [0.25, 0.3) is 0 Å². The van der Waals surface area contributed by atoms with Gasteiger partial charge in [0.1, 0.15) is 0 Å². The minimum atomic E-state index is -0.279. The maximum absolute atomic E-state index is 11.7. The van der Waals surface area contributed by atoms with Crippen molar-refractivity contribution in [3.63, 3.8) is 0 Å². The Morgan fingerprint density at radius 3 is 2.81 bits per heavy atom. The number of rotatable bonds is 1. The number of hydrogen-bond donors (Lipinski definition) is 1. The van der Waals surface area contributed by atoms with E-state index in [0.717, 1.165) is 25.9 Å². The number of likely N-dealkylation sites (tertiary alicyclic amines) is 1. The molecular weight excluding hydrogens is 206 g/mol. The summed E-state index contributed by atoms with van der Waals surface area (Å²) >= 11 is 0. The molecule has 1 aliphatic heterocycles. The summed E-state index contributed by atoms with van der Waals surface area (Å²) in [4.78, 5) is 13.4. The molecule has 2 heterocycles. The van der Waals surface area contributed by atoms with Crippen LogP contribution in [0.5, 0.6) is 5.75 Å². The van der Waals surface area contributed by atoms with E-state index in [4.69, 9.17) is 4.74 Å². The highest BCUT2D eigenvalue weighted by atomic mass is 16.6. The van der Waals surface area contributed by atoms with Crippen molar-refractivity contribution in [3.05, 3.63) is 24.5 Å². The van der Waals surface area contributed by atoms with E-state index in [0.29, 0.717) is 11.2 Å². The molecule has 1 aliphatic carbocycles. The predicted molar refractivity (Wildman–Crippen MR) is 57.0 cm³/mol. The highest BCUT2D eigenvalue weighted by molar-refractivity contribution is 5.71. The quantitative estimate of drug-likeness (QED) is 0.729. The molecule has 2 aliphatic rings. The highest BCUT2D eigenvalue weighted by Gasteiger charge is 2.45. The summed E-state index contributed by atoms with van der Waals surface area (Å²) in [6.45, 7) is 1.60. The van der Waals surface area contributed by atoms with Crippen molar-refractivity contribution in [1.29, 1.82) is 0 Å². The topological polar surface area (TPSA) is 58.2 Å². The van der Waals surface area contributed by atoms with Gasteiger partial charge in [0.05, 0.1) is 12.4 Å². The van der Waals surface area contributed by atoms with Gasteiger partial charge < -0.3 is 9.64 Å². The lowest BCUT2D eigenvalue weighted by molar-refractivity contribution is 0.0228. The number of hydrogen-bond acceptors (Lipinski definition) is 3. The van der Waals surface area contributed by atoms with Gasteiger partial charge in [-0.05, 0) is 12.8 Å². The maximum atomic E-state index is 11.7. The number of amides is 1. The van der Waals surface area contributed by atoms with Gasteiger partial charge in [-0.15, -0.1) is 0 Å². The van der Waals surface area contributed by atoms with Crippen LogP contribution in [-0.4, -0.2) is 34.3 Å². The van der Waals surface area contributed by atoms with Gasteiger partial charge in [0, 0.05) is 18.5 Å². The van der Waals surface area contributed by atoms with E-state index in [9.17, 15) is 4.79 Å². The van der Waals surface area contributed by atoms with Crippen LogP contribution in [0.2, 0.25) is 0 Å². The second kappa shape index (κ2) is 3.37. The highest BCUT2D eigenvalue weighted by Crippen LogP contribution is 2.41. The molecule has 1 fully saturated rings. The SMILES string of the molecule is O=C(Oc1cn[nH]c1)N1CC2(CC=CC2)C1. The molecule has 5 nitrogen and oxygen atoms in total. The molecule has 0 atom stereocenters. The first-order chi connectivity index (χ1) is 7.77. The molecule has 3 rings (SSSR count). The number of nitrogens with zero attached hydrogens (tertiary/aromatic N) is 2. The van der Waals surface area contributed by atoms with E-state index in [1.807, 2.05) is 0 Å². The normalized spacial score (nSPS) is 21.1. The Balaban J connectivity index is 1.55. The zero-order valence-corrected chi connectivity index (χ0v) is 8.85. The Morgan fingerprint density at radius 1 is 1.44 bits per heavy atom. The Hall–Kier alpha value is -1.78. The number of aromatic amines is 1. The van der Waals surface area contributed by atoms with Crippen molar-refractivity contribution in [2.24, 2.45) is 5.41 Å². The fraction of sp³-hybridized carbons (Fsp3) is 0.455. The van der Waals surface area contributed by atoms with E-state index >= 15 is 0 Å². The summed E-state index contributed by atoms with van der Waals surface area (Å²) in [7, 11) is 0. The van der Waals surface area contributed by atoms with E-state index < -0.39 is 0 Å². The minimum Gasteiger partial charge on any atom is -0.407 e. The van der Waals surface area contributed by atoms with Crippen LogP contribution in [0, 0.1) is 5.41 Å². The average Bonchev–Trinajstić information content (AvgIpc) is 2.84. The molecule has 1 spiro atoms. The summed E-state index contributed by atoms with van der Waals surface area (Å²) in [6, 6.07) is 0. The predicted octanol–water partition coefficient (Wildman–Crippen LogP) is 1.56. The average molecular weight is 219 g/mol. The molecule has 5 heteroatoms. The van der Waals surface area contributed by atoms with E-state index in [1.165, 1.54) is 6.20 Å². The molecule has 1 aromatic heterocycles. The molecule has 0 unspecified atom stereocenters. The van der Waals surface area contributed by atoms with Crippen molar-refractivity contribution < 1.29 is 9.53 Å². The largest absolute Gasteiger partial charge is 0.415 e. The van der Waals surface area contributed by atoms with Gasteiger partial charge in [0.15, 0.2) is 5.75 Å². The number of nitrogens with one attached hydrogen (secondary N) is 1. The lowest BCUT2D eigenvalue weighted by Gasteiger charge is -2.47. The maximum Gasteiger partial charge on any atom is 0.415 e. The molecular formula is C11H13N3O2. The van der Waals surface area contributed by atoms with Gasteiger partial charge in [-0.2, -0.15) is 5.10 Å². The van der Waals surface area contributed by atoms with Crippen LogP contribution in [0.1, 0.15) is 12.8 Å². The molecule has 1 amide bonds. The molecule has 0 radical (unpaired) electrons. The van der Waals surface area contributed by atoms with Crippen LogP contribution < -0.4 is 4.74 Å². The monoisotopic (exact) mass is 219 g/mol. The van der Waals surface area contributed by atoms with Crippen molar-refractivity contribution in [2.75, 3.05) is 13.1 Å². The first kappa shape index (κ1) is 9.45. The van der Waals surface area contributed by atoms with Gasteiger partial charge >= 0.3 is 6.09 Å². The second-order valence-corrected chi connectivity index (χ2v) is 4.54. The molecule has 1 aromatic rings. The van der Waals surface area contributed by atoms with Crippen LogP contribution in [0.3, 0.4) is 0 Å². The summed E-state index contributed by atoms with van der Waals surface area (Å²) in [5, 5.41) is 6.32. The molecule has 1 N–H and O–H groups in total. The number of carbonyl (C=O) groups is 1. The molecule has 0 bridgehead atoms. The van der Waals surface area contributed by atoms with Crippen LogP contribution in [0.15, 0.2) is 24.5 Å². The minimum absolute atomic E-state index is 0.279. The summed E-state index contributed by atoms with van der Waals surface area (Å²) in [5.41, 5.74) is 0.315. The van der Waals surface area contributed by atoms with Crippen molar-refractivity contribution in [3.8, 4) is 5.75 Å². The zero-order chi connectivity index (χ0) is 11.0. The Kier molecular flexibility index (Phi) is 1.99. The van der Waals surface area contributed by atoms with Gasteiger partial charge in [-0.25, -0.2) is 4.79 Å². The number of allylic oxidation sites excluding steroid dienone is 2. The van der Waals surface area contributed by atoms with E-state index in [2.05, 4.69) is 22.3 Å². The Morgan fingerprint density at radius 2 is 2.19 bits per heavy atom. The first-order valence-corrected chi connectivity index (χ1v) is 5.38. The zero-order valence-electron chi connectivity index (χ0n) is 8.85. The smallest absolute Gasteiger partial charge is 0.407 e. The Bertz CT molecular complexity index is 408. The van der Waals surface area contributed by atoms with Crippen molar-refractivity contribution >= 4 is 6.09 Å². The molecule has 0 aromatic carbocycles. The lowest BCUT2D eigenvalue weighted by atomic mass is 9.78. The third-order valence-electron chi connectivity index (χ3n) is 3.26. The Labute approximate surface area is 93.1 Å². The number of H-pyrrole nitrogens is 1. The van der Waals surface area contributed by atoms with E-state index in [1.54, 1.807) is 11.1 Å². The summed E-state index contributed by atoms with van der Waals surface area (Å²) < 4.78 is 5.13. The van der Waals surface area contributed by atoms with Crippen molar-refractivity contribution in [1.82, 2.24) is 15.1 Å². The van der Waals surface area contributed by atoms with Crippen LogP contribution in [0.25, 0.3) is 0 Å². The third kappa shape index (κ3) is 1.48. The molecule has 84 valence electrons. The fourth-order valence-corrected chi connectivity index (χ4v) is 2.36. The molecule has 0 saturated carbocycles. The fourth-order valence-electron chi connectivity index (χ4n) is 2.36. The number of carbonyl (C=O) groups excluding carboxylic acids is 1. The summed E-state index contributed by atoms with van der Waals surface area (Å²) in [5.74, 6) is 0.468. The van der Waals surface area contributed by atoms with E-state index in [-0.39, 0.29) is 6.09 Å². The number of ether oxygens (including phenoxy) is 1. The third-order valence-corrected chi connectivity index (χ3v) is 3.26. The van der Waals surface area contributed by atoms with Gasteiger partial charge in [-0.1, -0.05) is 12.2 Å². The first-order valence-electron chi connectivity index (χ1n) is 5.38. The van der Waals surface area contributed by atoms with Crippen LogP contribution in [0.4, 0.5) is 4.79 Å². The van der Waals surface area contributed by atoms with Crippen LogP contribution in [-0.2, 0) is 0 Å².